The second-order valence-electron chi connectivity index (χ2n) is 5.95. The highest BCUT2D eigenvalue weighted by Gasteiger charge is 2.17. The van der Waals surface area contributed by atoms with E-state index < -0.39 is 20.9 Å². The van der Waals surface area contributed by atoms with Gasteiger partial charge < -0.3 is 14.8 Å². The molecule has 0 aromatic heterocycles. The summed E-state index contributed by atoms with van der Waals surface area (Å²) in [5.41, 5.74) is -0.0114. The number of nitrogens with zero attached hydrogens (tertiary/aromatic N) is 1. The van der Waals surface area contributed by atoms with Gasteiger partial charge in [0.15, 0.2) is 0 Å². The van der Waals surface area contributed by atoms with Crippen LogP contribution >= 0.6 is 0 Å². The number of hydrogen-bond acceptors (Lipinski definition) is 7. The van der Waals surface area contributed by atoms with Gasteiger partial charge in [0, 0.05) is 31.8 Å². The molecule has 0 saturated heterocycles. The van der Waals surface area contributed by atoms with E-state index in [9.17, 15) is 23.3 Å². The fraction of sp³-hybridized carbons (Fsp3) is 0.316. The molecule has 1 amide bonds. The molecule has 0 aliphatic carbocycles. The maximum atomic E-state index is 12.4. The van der Waals surface area contributed by atoms with Gasteiger partial charge in [-0.3, -0.25) is 14.9 Å². The first-order chi connectivity index (χ1) is 14.3. The van der Waals surface area contributed by atoms with Crippen molar-refractivity contribution >= 4 is 21.6 Å². The van der Waals surface area contributed by atoms with Crippen molar-refractivity contribution < 1.29 is 27.6 Å². The highest BCUT2D eigenvalue weighted by Crippen LogP contribution is 2.18. The summed E-state index contributed by atoms with van der Waals surface area (Å²) in [5, 5.41) is 13.4. The summed E-state index contributed by atoms with van der Waals surface area (Å²) >= 11 is 0. The normalized spacial score (nSPS) is 11.1. The van der Waals surface area contributed by atoms with E-state index >= 15 is 0 Å². The van der Waals surface area contributed by atoms with E-state index in [2.05, 4.69) is 10.0 Å². The molecule has 10 nitrogen and oxygen atoms in total. The average Bonchev–Trinajstić information content (AvgIpc) is 2.74. The molecule has 0 bridgehead atoms. The molecular weight excluding hydrogens is 414 g/mol. The third-order valence-electron chi connectivity index (χ3n) is 3.86. The SMILES string of the molecule is CCOCCOc1ccccc1C(=O)NCCNS(=O)(=O)c1cccc([N+](=O)[O-])c1. The Morgan fingerprint density at radius 1 is 1.10 bits per heavy atom. The van der Waals surface area contributed by atoms with Crippen LogP contribution < -0.4 is 14.8 Å². The number of para-hydroxylation sites is 1. The fourth-order valence-corrected chi connectivity index (χ4v) is 3.51. The monoisotopic (exact) mass is 437 g/mol. The Balaban J connectivity index is 1.89. The number of nitrogens with one attached hydrogen (secondary N) is 2. The van der Waals surface area contributed by atoms with Crippen molar-refractivity contribution in [3.8, 4) is 5.75 Å². The lowest BCUT2D eigenvalue weighted by Gasteiger charge is -2.12. The summed E-state index contributed by atoms with van der Waals surface area (Å²) in [6.07, 6.45) is 0. The number of rotatable bonds is 12. The minimum atomic E-state index is -3.95. The van der Waals surface area contributed by atoms with Crippen LogP contribution in [0.3, 0.4) is 0 Å². The number of nitro benzene ring substituents is 1. The zero-order chi connectivity index (χ0) is 22.0. The van der Waals surface area contributed by atoms with Crippen LogP contribution in [0.25, 0.3) is 0 Å². The maximum absolute atomic E-state index is 12.4. The minimum Gasteiger partial charge on any atom is -0.490 e. The smallest absolute Gasteiger partial charge is 0.270 e. The largest absolute Gasteiger partial charge is 0.490 e. The number of carbonyl (C=O) groups is 1. The molecule has 0 aliphatic rings. The van der Waals surface area contributed by atoms with E-state index in [1.165, 1.54) is 18.2 Å². The number of hydrogen-bond donors (Lipinski definition) is 2. The summed E-state index contributed by atoms with van der Waals surface area (Å²) in [5.74, 6) is -0.0246. The van der Waals surface area contributed by atoms with Crippen LogP contribution in [0.2, 0.25) is 0 Å². The quantitative estimate of drug-likeness (QED) is 0.293. The zero-order valence-electron chi connectivity index (χ0n) is 16.4. The number of benzene rings is 2. The molecule has 2 aromatic carbocycles. The first-order valence-electron chi connectivity index (χ1n) is 9.17. The van der Waals surface area contributed by atoms with Gasteiger partial charge in [0.25, 0.3) is 11.6 Å². The lowest BCUT2D eigenvalue weighted by molar-refractivity contribution is -0.385. The van der Waals surface area contributed by atoms with E-state index in [0.717, 1.165) is 6.07 Å². The highest BCUT2D eigenvalue weighted by molar-refractivity contribution is 7.89. The van der Waals surface area contributed by atoms with Crippen molar-refractivity contribution in [1.82, 2.24) is 10.0 Å². The Kier molecular flexibility index (Phi) is 8.71. The molecule has 2 rings (SSSR count). The number of sulfonamides is 1. The molecule has 2 N–H and O–H groups in total. The predicted octanol–water partition coefficient (Wildman–Crippen LogP) is 1.72. The van der Waals surface area contributed by atoms with Gasteiger partial charge in [-0.1, -0.05) is 18.2 Å². The molecule has 0 heterocycles. The second kappa shape index (κ2) is 11.2. The maximum Gasteiger partial charge on any atom is 0.270 e. The van der Waals surface area contributed by atoms with Crippen molar-refractivity contribution in [1.29, 1.82) is 0 Å². The lowest BCUT2D eigenvalue weighted by atomic mass is 10.2. The van der Waals surface area contributed by atoms with E-state index in [-0.39, 0.29) is 23.7 Å². The molecule has 0 atom stereocenters. The van der Waals surface area contributed by atoms with Gasteiger partial charge in [-0.25, -0.2) is 13.1 Å². The predicted molar refractivity (Wildman–Crippen MR) is 109 cm³/mol. The Morgan fingerprint density at radius 2 is 1.87 bits per heavy atom. The molecular formula is C19H23N3O7S. The molecule has 2 aromatic rings. The van der Waals surface area contributed by atoms with Crippen molar-refractivity contribution in [3.05, 3.63) is 64.2 Å². The molecule has 0 spiro atoms. The average molecular weight is 437 g/mol. The van der Waals surface area contributed by atoms with Gasteiger partial charge in [0.05, 0.1) is 22.0 Å². The topological polar surface area (TPSA) is 137 Å². The number of amides is 1. The third kappa shape index (κ3) is 6.79. The summed E-state index contributed by atoms with van der Waals surface area (Å²) < 4.78 is 37.6. The van der Waals surface area contributed by atoms with E-state index in [0.29, 0.717) is 31.1 Å². The van der Waals surface area contributed by atoms with Crippen molar-refractivity contribution in [2.45, 2.75) is 11.8 Å². The summed E-state index contributed by atoms with van der Waals surface area (Å²) in [6, 6.07) is 11.4. The Bertz CT molecular complexity index is 980. The van der Waals surface area contributed by atoms with Crippen LogP contribution in [0.15, 0.2) is 53.4 Å². The van der Waals surface area contributed by atoms with Crippen LogP contribution in [0.4, 0.5) is 5.69 Å². The van der Waals surface area contributed by atoms with Crippen LogP contribution in [0.1, 0.15) is 17.3 Å². The Labute approximate surface area is 174 Å². The number of non-ortho nitro benzene ring substituents is 1. The first kappa shape index (κ1) is 23.3. The zero-order valence-corrected chi connectivity index (χ0v) is 17.2. The molecule has 0 aliphatic heterocycles. The molecule has 0 saturated carbocycles. The van der Waals surface area contributed by atoms with Crippen LogP contribution in [-0.2, 0) is 14.8 Å². The summed E-state index contributed by atoms with van der Waals surface area (Å²) in [4.78, 5) is 22.3. The minimum absolute atomic E-state index is 0.0142. The van der Waals surface area contributed by atoms with Gasteiger partial charge in [0.2, 0.25) is 10.0 Å². The van der Waals surface area contributed by atoms with Gasteiger partial charge in [-0.2, -0.15) is 0 Å². The standard InChI is InChI=1S/C19H23N3O7S/c1-2-28-12-13-29-18-9-4-3-8-17(18)19(23)20-10-11-21-30(26,27)16-7-5-6-15(14-16)22(24)25/h3-9,14,21H,2,10-13H2,1H3,(H,20,23). The fourth-order valence-electron chi connectivity index (χ4n) is 2.44. The van der Waals surface area contributed by atoms with Crippen molar-refractivity contribution in [2.75, 3.05) is 32.9 Å². The molecule has 30 heavy (non-hydrogen) atoms. The van der Waals surface area contributed by atoms with Gasteiger partial charge >= 0.3 is 0 Å². The molecule has 0 radical (unpaired) electrons. The van der Waals surface area contributed by atoms with E-state index in [1.807, 2.05) is 6.92 Å². The number of nitro groups is 1. The van der Waals surface area contributed by atoms with Crippen LogP contribution in [0.5, 0.6) is 5.75 Å². The Morgan fingerprint density at radius 3 is 2.60 bits per heavy atom. The summed E-state index contributed by atoms with van der Waals surface area (Å²) in [6.45, 7) is 3.05. The Hall–Kier alpha value is -3.02. The number of ether oxygens (including phenoxy) is 2. The number of carbonyl (C=O) groups excluding carboxylic acids is 1. The van der Waals surface area contributed by atoms with Gasteiger partial charge in [0.1, 0.15) is 12.4 Å². The summed E-state index contributed by atoms with van der Waals surface area (Å²) in [7, 11) is -3.95. The van der Waals surface area contributed by atoms with Gasteiger partial charge in [-0.05, 0) is 25.1 Å². The highest BCUT2D eigenvalue weighted by atomic mass is 32.2. The molecule has 0 unspecified atom stereocenters. The third-order valence-corrected chi connectivity index (χ3v) is 5.32. The lowest BCUT2D eigenvalue weighted by Crippen LogP contribution is -2.34. The van der Waals surface area contributed by atoms with Crippen LogP contribution in [-0.4, -0.2) is 52.2 Å². The van der Waals surface area contributed by atoms with E-state index in [4.69, 9.17) is 9.47 Å². The van der Waals surface area contributed by atoms with Crippen LogP contribution in [0, 0.1) is 10.1 Å². The van der Waals surface area contributed by atoms with Crippen molar-refractivity contribution in [3.63, 3.8) is 0 Å². The molecule has 11 heteroatoms. The first-order valence-corrected chi connectivity index (χ1v) is 10.7. The van der Waals surface area contributed by atoms with Crippen molar-refractivity contribution in [2.24, 2.45) is 0 Å². The second-order valence-corrected chi connectivity index (χ2v) is 7.72. The molecule has 162 valence electrons. The molecule has 0 fully saturated rings. The van der Waals surface area contributed by atoms with E-state index in [1.54, 1.807) is 24.3 Å². The van der Waals surface area contributed by atoms with Gasteiger partial charge in [-0.15, -0.1) is 0 Å².